The summed E-state index contributed by atoms with van der Waals surface area (Å²) in [7, 11) is -3.72. The number of aromatic nitrogens is 1. The lowest BCUT2D eigenvalue weighted by atomic mass is 10.3. The number of anilines is 2. The average molecular weight is 408 g/mol. The van der Waals surface area contributed by atoms with Crippen LogP contribution in [0.5, 0.6) is 0 Å². The summed E-state index contributed by atoms with van der Waals surface area (Å²) in [6.07, 6.45) is 2.89. The van der Waals surface area contributed by atoms with Crippen LogP contribution >= 0.6 is 23.6 Å². The van der Waals surface area contributed by atoms with Crippen LogP contribution in [0.3, 0.4) is 0 Å². The van der Waals surface area contributed by atoms with Crippen molar-refractivity contribution in [3.63, 3.8) is 0 Å². The smallest absolute Gasteiger partial charge is 0.293 e. The lowest BCUT2D eigenvalue weighted by Crippen LogP contribution is -2.33. The summed E-state index contributed by atoms with van der Waals surface area (Å²) in [6.45, 7) is 0. The van der Waals surface area contributed by atoms with Crippen LogP contribution in [0.4, 0.5) is 10.8 Å². The van der Waals surface area contributed by atoms with Crippen molar-refractivity contribution < 1.29 is 17.6 Å². The van der Waals surface area contributed by atoms with Crippen LogP contribution in [0.2, 0.25) is 0 Å². The van der Waals surface area contributed by atoms with E-state index in [1.54, 1.807) is 11.4 Å². The van der Waals surface area contributed by atoms with Crippen molar-refractivity contribution in [3.05, 3.63) is 60.0 Å². The molecule has 3 aromatic rings. The fraction of sp³-hybridized carbons (Fsp3) is 0. The predicted octanol–water partition coefficient (Wildman–Crippen LogP) is 2.66. The standard InChI is InChI=1S/C15H12N4O4S3/c20-13(12-2-1-8-23-12)18-14(24)17-10-3-5-11(6-4-10)26(21,22)19-15-16-7-9-25-15/h1-9H,(H,16,19)(H2,17,18,20,24). The highest BCUT2D eigenvalue weighted by Crippen LogP contribution is 2.19. The molecule has 2 heterocycles. The van der Waals surface area contributed by atoms with Crippen molar-refractivity contribution in [2.45, 2.75) is 4.90 Å². The molecule has 0 aliphatic carbocycles. The Bertz CT molecular complexity index is 998. The lowest BCUT2D eigenvalue weighted by Gasteiger charge is -2.10. The number of hydrogen-bond acceptors (Lipinski definition) is 7. The van der Waals surface area contributed by atoms with Gasteiger partial charge >= 0.3 is 0 Å². The molecule has 2 aromatic heterocycles. The Kier molecular flexibility index (Phi) is 5.30. The van der Waals surface area contributed by atoms with Crippen molar-refractivity contribution in [1.29, 1.82) is 0 Å². The van der Waals surface area contributed by atoms with E-state index in [-0.39, 0.29) is 20.9 Å². The largest absolute Gasteiger partial charge is 0.459 e. The van der Waals surface area contributed by atoms with Gasteiger partial charge in [0.1, 0.15) is 0 Å². The van der Waals surface area contributed by atoms with E-state index in [1.807, 2.05) is 0 Å². The lowest BCUT2D eigenvalue weighted by molar-refractivity contribution is 0.0950. The Morgan fingerprint density at radius 3 is 2.58 bits per heavy atom. The molecule has 8 nitrogen and oxygen atoms in total. The van der Waals surface area contributed by atoms with Gasteiger partial charge in [-0.25, -0.2) is 13.4 Å². The van der Waals surface area contributed by atoms with Gasteiger partial charge in [0, 0.05) is 17.3 Å². The second kappa shape index (κ2) is 7.64. The van der Waals surface area contributed by atoms with Gasteiger partial charge in [0.15, 0.2) is 16.0 Å². The van der Waals surface area contributed by atoms with E-state index < -0.39 is 15.9 Å². The van der Waals surface area contributed by atoms with Crippen molar-refractivity contribution in [1.82, 2.24) is 10.3 Å². The molecule has 0 aliphatic rings. The highest BCUT2D eigenvalue weighted by molar-refractivity contribution is 7.93. The minimum Gasteiger partial charge on any atom is -0.459 e. The number of amides is 1. The molecule has 0 fully saturated rings. The van der Waals surface area contributed by atoms with Crippen LogP contribution < -0.4 is 15.4 Å². The molecule has 0 bridgehead atoms. The fourth-order valence-corrected chi connectivity index (χ4v) is 3.90. The Labute approximate surface area is 158 Å². The van der Waals surface area contributed by atoms with Gasteiger partial charge < -0.3 is 9.73 Å². The maximum atomic E-state index is 12.3. The maximum absolute atomic E-state index is 12.3. The molecule has 0 radical (unpaired) electrons. The minimum atomic E-state index is -3.72. The van der Waals surface area contributed by atoms with Gasteiger partial charge in [0.2, 0.25) is 0 Å². The number of rotatable bonds is 5. The van der Waals surface area contributed by atoms with Gasteiger partial charge in [-0.3, -0.25) is 14.8 Å². The molecular weight excluding hydrogens is 396 g/mol. The summed E-state index contributed by atoms with van der Waals surface area (Å²) in [5.74, 6) is -0.358. The number of furan rings is 1. The number of nitrogens with one attached hydrogen (secondary N) is 3. The van der Waals surface area contributed by atoms with E-state index in [1.165, 1.54) is 54.1 Å². The van der Waals surface area contributed by atoms with E-state index in [0.717, 1.165) is 0 Å². The zero-order valence-corrected chi connectivity index (χ0v) is 15.5. The molecule has 0 aliphatic heterocycles. The Hall–Kier alpha value is -2.76. The predicted molar refractivity (Wildman–Crippen MR) is 102 cm³/mol. The van der Waals surface area contributed by atoms with E-state index in [0.29, 0.717) is 5.69 Å². The van der Waals surface area contributed by atoms with E-state index in [2.05, 4.69) is 20.3 Å². The van der Waals surface area contributed by atoms with Crippen molar-refractivity contribution in [3.8, 4) is 0 Å². The van der Waals surface area contributed by atoms with Crippen LogP contribution in [0, 0.1) is 0 Å². The highest BCUT2D eigenvalue weighted by Gasteiger charge is 2.15. The first-order chi connectivity index (χ1) is 12.4. The molecule has 0 unspecified atom stereocenters. The summed E-state index contributed by atoms with van der Waals surface area (Å²) in [5.41, 5.74) is 0.517. The summed E-state index contributed by atoms with van der Waals surface area (Å²) in [4.78, 5) is 15.8. The molecule has 1 amide bonds. The van der Waals surface area contributed by atoms with Crippen molar-refractivity contribution in [2.75, 3.05) is 10.0 Å². The molecule has 0 atom stereocenters. The van der Waals surface area contributed by atoms with E-state index in [9.17, 15) is 13.2 Å². The monoisotopic (exact) mass is 408 g/mol. The molecule has 0 spiro atoms. The number of benzene rings is 1. The first-order valence-corrected chi connectivity index (χ1v) is 9.89. The van der Waals surface area contributed by atoms with Gasteiger partial charge in [-0.2, -0.15) is 0 Å². The SMILES string of the molecule is O=C(NC(=S)Nc1ccc(S(=O)(=O)Nc2nccs2)cc1)c1ccco1. The Morgan fingerprint density at radius 2 is 1.96 bits per heavy atom. The van der Waals surface area contributed by atoms with E-state index >= 15 is 0 Å². The molecule has 11 heteroatoms. The molecule has 0 saturated heterocycles. The molecule has 26 heavy (non-hydrogen) atoms. The molecular formula is C15H12N4O4S3. The van der Waals surface area contributed by atoms with Gasteiger partial charge in [-0.1, -0.05) is 0 Å². The fourth-order valence-electron chi connectivity index (χ4n) is 1.90. The molecule has 3 rings (SSSR count). The van der Waals surface area contributed by atoms with Crippen molar-refractivity contribution in [2.24, 2.45) is 0 Å². The zero-order chi connectivity index (χ0) is 18.6. The zero-order valence-electron chi connectivity index (χ0n) is 13.0. The number of thiazole rings is 1. The highest BCUT2D eigenvalue weighted by atomic mass is 32.2. The first-order valence-electron chi connectivity index (χ1n) is 7.12. The van der Waals surface area contributed by atoms with Gasteiger partial charge in [-0.05, 0) is 48.6 Å². The van der Waals surface area contributed by atoms with Gasteiger partial charge in [0.25, 0.3) is 15.9 Å². The number of thiocarbonyl (C=S) groups is 1. The normalized spacial score (nSPS) is 10.9. The first kappa shape index (κ1) is 18.0. The van der Waals surface area contributed by atoms with E-state index in [4.69, 9.17) is 16.6 Å². The number of carbonyl (C=O) groups is 1. The second-order valence-corrected chi connectivity index (χ2v) is 7.84. The topological polar surface area (TPSA) is 113 Å². The molecule has 3 N–H and O–H groups in total. The van der Waals surface area contributed by atoms with Crippen LogP contribution in [0.25, 0.3) is 0 Å². The summed E-state index contributed by atoms with van der Waals surface area (Å²) in [6, 6.07) is 8.98. The Morgan fingerprint density at radius 1 is 1.19 bits per heavy atom. The second-order valence-electron chi connectivity index (χ2n) is 4.85. The van der Waals surface area contributed by atoms with Crippen molar-refractivity contribution >= 4 is 55.4 Å². The Balaban J connectivity index is 1.62. The van der Waals surface area contributed by atoms with Crippen LogP contribution in [0.1, 0.15) is 10.6 Å². The molecule has 134 valence electrons. The summed E-state index contributed by atoms with van der Waals surface area (Å²) < 4.78 is 31.9. The van der Waals surface area contributed by atoms with Gasteiger partial charge in [0.05, 0.1) is 11.2 Å². The summed E-state index contributed by atoms with van der Waals surface area (Å²) in [5, 5.41) is 7.26. The third-order valence-electron chi connectivity index (χ3n) is 3.05. The average Bonchev–Trinajstić information content (AvgIpc) is 3.28. The molecule has 1 aromatic carbocycles. The van der Waals surface area contributed by atoms with Crippen LogP contribution in [-0.2, 0) is 10.0 Å². The summed E-state index contributed by atoms with van der Waals surface area (Å²) >= 11 is 6.23. The minimum absolute atomic E-state index is 0.0583. The number of sulfonamides is 1. The maximum Gasteiger partial charge on any atom is 0.293 e. The third kappa shape index (κ3) is 4.45. The van der Waals surface area contributed by atoms with Gasteiger partial charge in [-0.15, -0.1) is 11.3 Å². The third-order valence-corrected chi connectivity index (χ3v) is 5.43. The van der Waals surface area contributed by atoms with Crippen LogP contribution in [-0.4, -0.2) is 24.4 Å². The number of carbonyl (C=O) groups excluding carboxylic acids is 1. The molecule has 0 saturated carbocycles. The number of nitrogens with zero attached hydrogens (tertiary/aromatic N) is 1. The number of hydrogen-bond donors (Lipinski definition) is 3. The quantitative estimate of drug-likeness (QED) is 0.556. The van der Waals surface area contributed by atoms with Crippen LogP contribution in [0.15, 0.2) is 63.6 Å².